The van der Waals surface area contributed by atoms with Crippen molar-refractivity contribution < 1.29 is 14.7 Å². The van der Waals surface area contributed by atoms with Crippen LogP contribution in [0.3, 0.4) is 0 Å². The van der Waals surface area contributed by atoms with E-state index in [-0.39, 0.29) is 11.3 Å². The molecule has 0 saturated heterocycles. The number of hydrogen-bond donors (Lipinski definition) is 3. The van der Waals surface area contributed by atoms with Gasteiger partial charge in [-0.05, 0) is 36.8 Å². The Balaban J connectivity index is 1.72. The number of amides is 1. The van der Waals surface area contributed by atoms with Crippen molar-refractivity contribution in [3.63, 3.8) is 0 Å². The van der Waals surface area contributed by atoms with E-state index < -0.39 is 17.9 Å². The molecule has 1 atom stereocenters. The Morgan fingerprint density at radius 2 is 1.97 bits per heavy atom. The van der Waals surface area contributed by atoms with Gasteiger partial charge in [0, 0.05) is 10.7 Å². The van der Waals surface area contributed by atoms with Gasteiger partial charge in [-0.3, -0.25) is 4.79 Å². The molecule has 1 amide bonds. The standard InChI is InChI=1S/C21H17ClN4O3/c1-12-5-7-13(8-6-12)18-10-17(21(28)29)25-19-16(11-23-26(18)19)20(27)24-15-4-2-3-14(22)9-15/h2-11,18,25H,1H3,(H,24,27)(H,28,29)/t18-/m1/s1. The van der Waals surface area contributed by atoms with Crippen LogP contribution in [0.15, 0.2) is 66.5 Å². The Morgan fingerprint density at radius 1 is 1.21 bits per heavy atom. The number of allylic oxidation sites excluding steroid dienone is 1. The molecule has 1 aliphatic rings. The molecular formula is C21H17ClN4O3. The quantitative estimate of drug-likeness (QED) is 0.604. The maximum atomic E-state index is 12.8. The highest BCUT2D eigenvalue weighted by Gasteiger charge is 2.29. The highest BCUT2D eigenvalue weighted by atomic mass is 35.5. The molecule has 3 aromatic rings. The number of aliphatic carboxylic acids is 1. The number of carbonyl (C=O) groups is 2. The first-order chi connectivity index (χ1) is 13.9. The Bertz CT molecular complexity index is 1140. The lowest BCUT2D eigenvalue weighted by Crippen LogP contribution is -2.25. The fourth-order valence-electron chi connectivity index (χ4n) is 3.15. The van der Waals surface area contributed by atoms with Crippen LogP contribution in [0.25, 0.3) is 0 Å². The molecule has 1 aromatic heterocycles. The zero-order chi connectivity index (χ0) is 20.5. The Morgan fingerprint density at radius 3 is 2.66 bits per heavy atom. The van der Waals surface area contributed by atoms with E-state index in [1.54, 1.807) is 35.0 Å². The van der Waals surface area contributed by atoms with Crippen molar-refractivity contribution in [1.29, 1.82) is 0 Å². The van der Waals surface area contributed by atoms with Gasteiger partial charge in [-0.2, -0.15) is 5.10 Å². The van der Waals surface area contributed by atoms with Gasteiger partial charge in [0.05, 0.1) is 12.2 Å². The number of carbonyl (C=O) groups excluding carboxylic acids is 1. The number of carboxylic acids is 1. The van der Waals surface area contributed by atoms with Gasteiger partial charge in [0.2, 0.25) is 0 Å². The number of aryl methyl sites for hydroxylation is 1. The summed E-state index contributed by atoms with van der Waals surface area (Å²) < 4.78 is 1.60. The molecule has 2 aromatic carbocycles. The first kappa shape index (κ1) is 18.8. The molecule has 0 bridgehead atoms. The topological polar surface area (TPSA) is 96.2 Å². The van der Waals surface area contributed by atoms with Gasteiger partial charge in [-0.25, -0.2) is 9.48 Å². The number of carboxylic acid groups (broad SMARTS) is 1. The number of rotatable bonds is 4. The van der Waals surface area contributed by atoms with Crippen molar-refractivity contribution in [3.05, 3.63) is 88.2 Å². The minimum absolute atomic E-state index is 0.0135. The molecule has 0 aliphatic carbocycles. The number of nitrogens with one attached hydrogen (secondary N) is 2. The van der Waals surface area contributed by atoms with Crippen molar-refractivity contribution in [3.8, 4) is 0 Å². The first-order valence-electron chi connectivity index (χ1n) is 8.85. The summed E-state index contributed by atoms with van der Waals surface area (Å²) in [6.07, 6.45) is 2.99. The lowest BCUT2D eigenvalue weighted by Gasteiger charge is -2.24. The van der Waals surface area contributed by atoms with Crippen molar-refractivity contribution in [2.75, 3.05) is 10.6 Å². The van der Waals surface area contributed by atoms with E-state index in [4.69, 9.17) is 11.6 Å². The molecule has 146 valence electrons. The third-order valence-electron chi connectivity index (χ3n) is 4.61. The van der Waals surface area contributed by atoms with Gasteiger partial charge < -0.3 is 15.7 Å². The predicted molar refractivity (Wildman–Crippen MR) is 110 cm³/mol. The monoisotopic (exact) mass is 408 g/mol. The zero-order valence-corrected chi connectivity index (χ0v) is 16.1. The van der Waals surface area contributed by atoms with Gasteiger partial charge in [-0.15, -0.1) is 0 Å². The van der Waals surface area contributed by atoms with E-state index in [2.05, 4.69) is 15.7 Å². The molecule has 2 heterocycles. The fourth-order valence-corrected chi connectivity index (χ4v) is 3.34. The van der Waals surface area contributed by atoms with E-state index in [0.717, 1.165) is 11.1 Å². The number of nitrogens with zero attached hydrogens (tertiary/aromatic N) is 2. The first-order valence-corrected chi connectivity index (χ1v) is 9.23. The van der Waals surface area contributed by atoms with E-state index in [1.807, 2.05) is 31.2 Å². The van der Waals surface area contributed by atoms with Gasteiger partial charge in [0.15, 0.2) is 0 Å². The van der Waals surface area contributed by atoms with Crippen LogP contribution in [0, 0.1) is 6.92 Å². The summed E-state index contributed by atoms with van der Waals surface area (Å²) in [5.74, 6) is -1.22. The summed E-state index contributed by atoms with van der Waals surface area (Å²) >= 11 is 5.97. The van der Waals surface area contributed by atoms with Gasteiger partial charge >= 0.3 is 5.97 Å². The number of anilines is 2. The second kappa shape index (κ2) is 7.44. The molecule has 0 radical (unpaired) electrons. The highest BCUT2D eigenvalue weighted by Crippen LogP contribution is 2.32. The van der Waals surface area contributed by atoms with Crippen LogP contribution in [-0.2, 0) is 4.79 Å². The Kier molecular flexibility index (Phi) is 4.82. The molecular weight excluding hydrogens is 392 g/mol. The van der Waals surface area contributed by atoms with Crippen LogP contribution < -0.4 is 10.6 Å². The molecule has 1 aliphatic heterocycles. The molecule has 0 unspecified atom stereocenters. The summed E-state index contributed by atoms with van der Waals surface area (Å²) in [6.45, 7) is 1.97. The number of aromatic nitrogens is 2. The lowest BCUT2D eigenvalue weighted by atomic mass is 10.0. The molecule has 0 saturated carbocycles. The van der Waals surface area contributed by atoms with Crippen LogP contribution in [0.2, 0.25) is 5.02 Å². The van der Waals surface area contributed by atoms with Crippen LogP contribution in [0.5, 0.6) is 0 Å². The van der Waals surface area contributed by atoms with Crippen molar-refractivity contribution in [2.24, 2.45) is 0 Å². The Labute approximate surface area is 171 Å². The van der Waals surface area contributed by atoms with E-state index in [0.29, 0.717) is 16.5 Å². The van der Waals surface area contributed by atoms with E-state index in [9.17, 15) is 14.7 Å². The highest BCUT2D eigenvalue weighted by molar-refractivity contribution is 6.31. The average molecular weight is 409 g/mol. The molecule has 0 spiro atoms. The van der Waals surface area contributed by atoms with Crippen LogP contribution in [-0.4, -0.2) is 26.8 Å². The second-order valence-corrected chi connectivity index (χ2v) is 7.12. The minimum Gasteiger partial charge on any atom is -0.477 e. The van der Waals surface area contributed by atoms with E-state index in [1.165, 1.54) is 6.20 Å². The molecule has 3 N–H and O–H groups in total. The van der Waals surface area contributed by atoms with Crippen LogP contribution in [0.4, 0.5) is 11.5 Å². The van der Waals surface area contributed by atoms with Gasteiger partial charge in [-0.1, -0.05) is 47.5 Å². The van der Waals surface area contributed by atoms with Gasteiger partial charge in [0.25, 0.3) is 5.91 Å². The second-order valence-electron chi connectivity index (χ2n) is 6.68. The van der Waals surface area contributed by atoms with Gasteiger partial charge in [0.1, 0.15) is 17.1 Å². The van der Waals surface area contributed by atoms with Crippen molar-refractivity contribution >= 4 is 35.0 Å². The maximum Gasteiger partial charge on any atom is 0.352 e. The molecule has 29 heavy (non-hydrogen) atoms. The summed E-state index contributed by atoms with van der Waals surface area (Å²) in [7, 11) is 0. The average Bonchev–Trinajstić information content (AvgIpc) is 3.12. The largest absolute Gasteiger partial charge is 0.477 e. The molecule has 4 rings (SSSR count). The van der Waals surface area contributed by atoms with Crippen LogP contribution in [0.1, 0.15) is 27.5 Å². The Hall–Kier alpha value is -3.58. The summed E-state index contributed by atoms with van der Waals surface area (Å²) in [4.78, 5) is 24.5. The number of fused-ring (bicyclic) bond motifs is 1. The maximum absolute atomic E-state index is 12.8. The number of halogens is 1. The van der Waals surface area contributed by atoms with Crippen LogP contribution >= 0.6 is 11.6 Å². The molecule has 8 heteroatoms. The normalized spacial score (nSPS) is 15.1. The summed E-state index contributed by atoms with van der Waals surface area (Å²) in [5.41, 5.74) is 2.70. The zero-order valence-electron chi connectivity index (χ0n) is 15.4. The SMILES string of the molecule is Cc1ccc([C@H]2C=C(C(=O)O)Nc3c(C(=O)Nc4cccc(Cl)c4)cnn32)cc1. The summed E-state index contributed by atoms with van der Waals surface area (Å²) in [5, 5.41) is 19.9. The van der Waals surface area contributed by atoms with Crippen molar-refractivity contribution in [1.82, 2.24) is 9.78 Å². The number of hydrogen-bond acceptors (Lipinski definition) is 4. The third-order valence-corrected chi connectivity index (χ3v) is 4.85. The third kappa shape index (κ3) is 3.72. The number of benzene rings is 2. The molecule has 7 nitrogen and oxygen atoms in total. The van der Waals surface area contributed by atoms with Crippen molar-refractivity contribution in [2.45, 2.75) is 13.0 Å². The fraction of sp³-hybridized carbons (Fsp3) is 0.0952. The lowest BCUT2D eigenvalue weighted by molar-refractivity contribution is -0.132. The van der Waals surface area contributed by atoms with E-state index >= 15 is 0 Å². The predicted octanol–water partition coefficient (Wildman–Crippen LogP) is 4.08. The minimum atomic E-state index is -1.12. The molecule has 0 fully saturated rings. The smallest absolute Gasteiger partial charge is 0.352 e. The summed E-state index contributed by atoms with van der Waals surface area (Å²) in [6, 6.07) is 14.0.